The van der Waals surface area contributed by atoms with E-state index in [2.05, 4.69) is 67.1 Å². The molecule has 3 aliphatic rings. The van der Waals surface area contributed by atoms with Crippen LogP contribution in [0, 0.1) is 0 Å². The molecular weight excluding hydrogens is 714 g/mol. The SMILES string of the molecule is CCN1C(=S)S/C(=c2/s/c(=C/c3cc(Br)c4c(c3)[C@@H]3CCC[C@@H]3N4c3ccc(Br)cc3)c(=O)n2CC(=O)O)C1=S. The van der Waals surface area contributed by atoms with Gasteiger partial charge in [0.2, 0.25) is 0 Å². The summed E-state index contributed by atoms with van der Waals surface area (Å²) in [4.78, 5) is 30.7. The van der Waals surface area contributed by atoms with Crippen LogP contribution >= 0.6 is 79.4 Å². The molecule has 6 rings (SSSR count). The normalized spacial score (nSPS) is 21.9. The fourth-order valence-corrected chi connectivity index (χ4v) is 10.1. The second-order valence-electron chi connectivity index (χ2n) is 9.84. The van der Waals surface area contributed by atoms with E-state index < -0.39 is 12.5 Å². The van der Waals surface area contributed by atoms with Gasteiger partial charge in [0.25, 0.3) is 5.56 Å². The molecule has 40 heavy (non-hydrogen) atoms. The number of hydrogen-bond donors (Lipinski definition) is 1. The highest BCUT2D eigenvalue weighted by Gasteiger charge is 2.43. The van der Waals surface area contributed by atoms with Crippen LogP contribution in [0.1, 0.15) is 43.2 Å². The summed E-state index contributed by atoms with van der Waals surface area (Å²) in [6, 6.07) is 13.1. The standard InChI is InChI=1S/C28H23Br2N3O3S4/c1-2-31-26(37)24(40-28(31)38)27-32(13-22(34)35)25(36)21(39-27)12-14-10-18-17-4-3-5-20(17)33(23(18)19(30)11-14)16-8-6-15(29)7-9-16/h6-12,17,20H,2-5,13H2,1H3,(H,34,35)/b21-12+,27-24+/t17-,20-/m0/s1. The van der Waals surface area contributed by atoms with E-state index in [-0.39, 0.29) is 5.56 Å². The second-order valence-corrected chi connectivity index (χ2v) is 14.7. The Morgan fingerprint density at radius 1 is 1.18 bits per heavy atom. The molecule has 2 fully saturated rings. The van der Waals surface area contributed by atoms with E-state index >= 15 is 0 Å². The molecule has 12 heteroatoms. The quantitative estimate of drug-likeness (QED) is 0.324. The Labute approximate surface area is 266 Å². The van der Waals surface area contributed by atoms with Crippen LogP contribution < -0.4 is 19.7 Å². The van der Waals surface area contributed by atoms with E-state index in [0.717, 1.165) is 33.0 Å². The van der Waals surface area contributed by atoms with Crippen molar-refractivity contribution >= 4 is 117 Å². The molecule has 1 aromatic heterocycles. The lowest BCUT2D eigenvalue weighted by Crippen LogP contribution is -2.35. The van der Waals surface area contributed by atoms with E-state index in [1.807, 2.05) is 24.0 Å². The van der Waals surface area contributed by atoms with E-state index in [1.54, 1.807) is 0 Å². The van der Waals surface area contributed by atoms with Crippen molar-refractivity contribution in [1.82, 2.24) is 9.47 Å². The molecular formula is C28H23Br2N3O3S4. The van der Waals surface area contributed by atoms with Gasteiger partial charge in [-0.05, 0) is 89.3 Å². The van der Waals surface area contributed by atoms with Crippen molar-refractivity contribution in [3.05, 3.63) is 76.0 Å². The van der Waals surface area contributed by atoms with Gasteiger partial charge >= 0.3 is 5.97 Å². The number of thiazole rings is 1. The number of nitrogens with zero attached hydrogens (tertiary/aromatic N) is 3. The number of anilines is 2. The van der Waals surface area contributed by atoms with Crippen LogP contribution in [0.5, 0.6) is 0 Å². The maximum atomic E-state index is 13.5. The van der Waals surface area contributed by atoms with Crippen molar-refractivity contribution < 1.29 is 9.90 Å². The smallest absolute Gasteiger partial charge is 0.323 e. The van der Waals surface area contributed by atoms with E-state index in [0.29, 0.717) is 41.9 Å². The highest BCUT2D eigenvalue weighted by Crippen LogP contribution is 2.55. The van der Waals surface area contributed by atoms with Gasteiger partial charge in [-0.1, -0.05) is 58.5 Å². The zero-order valence-electron chi connectivity index (χ0n) is 21.2. The van der Waals surface area contributed by atoms with Crippen LogP contribution in [-0.4, -0.2) is 42.4 Å². The Balaban J connectivity index is 1.50. The van der Waals surface area contributed by atoms with Crippen molar-refractivity contribution in [1.29, 1.82) is 0 Å². The summed E-state index contributed by atoms with van der Waals surface area (Å²) in [6.45, 7) is 2.13. The van der Waals surface area contributed by atoms with Crippen LogP contribution in [0.3, 0.4) is 0 Å². The minimum absolute atomic E-state index is 0.342. The first kappa shape index (κ1) is 28.3. The van der Waals surface area contributed by atoms with Crippen molar-refractivity contribution in [3.8, 4) is 0 Å². The molecule has 0 amide bonds. The third-order valence-electron chi connectivity index (χ3n) is 7.53. The summed E-state index contributed by atoms with van der Waals surface area (Å²) in [5.41, 5.74) is 4.18. The van der Waals surface area contributed by atoms with E-state index in [1.165, 1.54) is 45.3 Å². The number of rotatable bonds is 5. The third kappa shape index (κ3) is 4.84. The zero-order valence-corrected chi connectivity index (χ0v) is 27.7. The summed E-state index contributed by atoms with van der Waals surface area (Å²) in [6.07, 6.45) is 5.29. The first-order valence-corrected chi connectivity index (χ1v) is 16.8. The number of thioether (sulfide) groups is 1. The Morgan fingerprint density at radius 3 is 2.60 bits per heavy atom. The minimum Gasteiger partial charge on any atom is -0.480 e. The van der Waals surface area contributed by atoms with Gasteiger partial charge in [0.1, 0.15) is 20.5 Å². The number of aromatic nitrogens is 1. The number of hydrogen-bond acceptors (Lipinski definition) is 7. The molecule has 6 nitrogen and oxygen atoms in total. The summed E-state index contributed by atoms with van der Waals surface area (Å²) in [5.74, 6) is -0.674. The lowest BCUT2D eigenvalue weighted by molar-refractivity contribution is -0.137. The van der Waals surface area contributed by atoms with Crippen molar-refractivity contribution in [2.75, 3.05) is 11.4 Å². The maximum absolute atomic E-state index is 13.5. The number of fused-ring (bicyclic) bond motifs is 3. The molecule has 0 unspecified atom stereocenters. The fraction of sp³-hybridized carbons (Fsp3) is 0.286. The second kappa shape index (κ2) is 11.1. The Hall–Kier alpha value is -1.83. The highest BCUT2D eigenvalue weighted by atomic mass is 79.9. The molecule has 1 saturated heterocycles. The van der Waals surface area contributed by atoms with Gasteiger partial charge in [-0.25, -0.2) is 0 Å². The summed E-state index contributed by atoms with van der Waals surface area (Å²) in [7, 11) is 0. The Bertz CT molecular complexity index is 1770. The first-order valence-electron chi connectivity index (χ1n) is 12.8. The predicted octanol–water partition coefficient (Wildman–Crippen LogP) is 5.93. The lowest BCUT2D eigenvalue weighted by Gasteiger charge is -2.28. The van der Waals surface area contributed by atoms with Gasteiger partial charge in [-0.3, -0.25) is 14.2 Å². The average Bonchev–Trinajstić information content (AvgIpc) is 3.64. The summed E-state index contributed by atoms with van der Waals surface area (Å²) < 4.78 is 4.93. The van der Waals surface area contributed by atoms with Crippen LogP contribution in [0.2, 0.25) is 0 Å². The van der Waals surface area contributed by atoms with Crippen molar-refractivity contribution in [3.63, 3.8) is 0 Å². The number of thiocarbonyl (C=S) groups is 2. The number of carbonyl (C=O) groups is 1. The Morgan fingerprint density at radius 2 is 1.93 bits per heavy atom. The van der Waals surface area contributed by atoms with Gasteiger partial charge in [0.15, 0.2) is 0 Å². The molecule has 2 aliphatic heterocycles. The van der Waals surface area contributed by atoms with Crippen LogP contribution in [0.4, 0.5) is 11.4 Å². The first-order chi connectivity index (χ1) is 19.2. The average molecular weight is 738 g/mol. The van der Waals surface area contributed by atoms with Crippen molar-refractivity contribution in [2.24, 2.45) is 0 Å². The number of carboxylic acids is 1. The van der Waals surface area contributed by atoms with E-state index in [4.69, 9.17) is 24.4 Å². The largest absolute Gasteiger partial charge is 0.480 e. The lowest BCUT2D eigenvalue weighted by atomic mass is 9.96. The molecule has 0 bridgehead atoms. The molecule has 206 valence electrons. The molecule has 3 aromatic rings. The fourth-order valence-electron chi connectivity index (χ4n) is 5.88. The molecule has 1 N–H and O–H groups in total. The van der Waals surface area contributed by atoms with Crippen LogP contribution in [0.25, 0.3) is 11.0 Å². The summed E-state index contributed by atoms with van der Waals surface area (Å²) in [5, 5.41) is 9.57. The summed E-state index contributed by atoms with van der Waals surface area (Å²) >= 11 is 21.1. The van der Waals surface area contributed by atoms with Gasteiger partial charge in [-0.2, -0.15) is 0 Å². The van der Waals surface area contributed by atoms with Gasteiger partial charge in [0, 0.05) is 33.1 Å². The topological polar surface area (TPSA) is 65.8 Å². The van der Waals surface area contributed by atoms with Crippen LogP contribution in [0.15, 0.2) is 50.1 Å². The van der Waals surface area contributed by atoms with Gasteiger partial charge in [0.05, 0.1) is 15.1 Å². The minimum atomic E-state index is -1.09. The number of carboxylic acid groups (broad SMARTS) is 1. The van der Waals surface area contributed by atoms with Gasteiger partial charge < -0.3 is 14.9 Å². The molecule has 0 spiro atoms. The molecule has 1 aliphatic carbocycles. The Kier molecular flexibility index (Phi) is 7.86. The van der Waals surface area contributed by atoms with Gasteiger partial charge in [-0.15, -0.1) is 11.3 Å². The molecule has 2 aromatic carbocycles. The number of aliphatic carboxylic acids is 1. The molecule has 2 atom stereocenters. The van der Waals surface area contributed by atoms with Crippen LogP contribution in [-0.2, 0) is 11.3 Å². The number of benzene rings is 2. The number of halogens is 2. The van der Waals surface area contributed by atoms with E-state index in [9.17, 15) is 14.7 Å². The molecule has 1 saturated carbocycles. The third-order valence-corrected chi connectivity index (χ3v) is 11.9. The zero-order chi connectivity index (χ0) is 28.3. The molecule has 3 heterocycles. The predicted molar refractivity (Wildman–Crippen MR) is 178 cm³/mol. The highest BCUT2D eigenvalue weighted by molar-refractivity contribution is 9.10. The van der Waals surface area contributed by atoms with Crippen molar-refractivity contribution in [2.45, 2.75) is 44.7 Å². The monoisotopic (exact) mass is 735 g/mol. The molecule has 0 radical (unpaired) electrons. The maximum Gasteiger partial charge on any atom is 0.323 e.